The zero-order chi connectivity index (χ0) is 13.0. The highest BCUT2D eigenvalue weighted by atomic mass is 19.1. The lowest BCUT2D eigenvalue weighted by Crippen LogP contribution is -2.45. The molecular formula is C14H19F2NO. The van der Waals surface area contributed by atoms with Crippen LogP contribution in [0.1, 0.15) is 18.9 Å². The second-order valence-corrected chi connectivity index (χ2v) is 5.15. The first-order valence-electron chi connectivity index (χ1n) is 6.30. The van der Waals surface area contributed by atoms with Crippen LogP contribution in [-0.4, -0.2) is 31.5 Å². The molecule has 100 valence electrons. The third-order valence-electron chi connectivity index (χ3n) is 3.16. The molecular weight excluding hydrogens is 236 g/mol. The van der Waals surface area contributed by atoms with E-state index in [2.05, 4.69) is 5.32 Å². The Hall–Kier alpha value is -1.00. The fraction of sp³-hybridized carbons (Fsp3) is 0.571. The Morgan fingerprint density at radius 2 is 2.11 bits per heavy atom. The minimum absolute atomic E-state index is 0.0641. The summed E-state index contributed by atoms with van der Waals surface area (Å²) < 4.78 is 32.6. The summed E-state index contributed by atoms with van der Waals surface area (Å²) in [6.45, 7) is 3.62. The maximum absolute atomic E-state index is 14.5. The Morgan fingerprint density at radius 3 is 2.72 bits per heavy atom. The van der Waals surface area contributed by atoms with Gasteiger partial charge in [0.15, 0.2) is 0 Å². The normalized spacial score (nSPS) is 23.6. The molecule has 0 spiro atoms. The van der Waals surface area contributed by atoms with Gasteiger partial charge in [0.1, 0.15) is 11.5 Å². The summed E-state index contributed by atoms with van der Waals surface area (Å²) in [5.74, 6) is -0.290. The largest absolute Gasteiger partial charge is 0.379 e. The third-order valence-corrected chi connectivity index (χ3v) is 3.16. The van der Waals surface area contributed by atoms with Gasteiger partial charge in [-0.05, 0) is 31.0 Å². The third kappa shape index (κ3) is 4.03. The molecule has 2 atom stereocenters. The lowest BCUT2D eigenvalue weighted by molar-refractivity contribution is 0.0483. The molecule has 0 radical (unpaired) electrons. The van der Waals surface area contributed by atoms with Gasteiger partial charge in [-0.15, -0.1) is 0 Å². The van der Waals surface area contributed by atoms with Crippen molar-refractivity contribution in [1.29, 1.82) is 0 Å². The summed E-state index contributed by atoms with van der Waals surface area (Å²) in [7, 11) is 0. The second kappa shape index (κ2) is 5.76. The summed E-state index contributed by atoms with van der Waals surface area (Å²) in [6.07, 6.45) is 0.704. The summed E-state index contributed by atoms with van der Waals surface area (Å²) in [5, 5.41) is 3.25. The summed E-state index contributed by atoms with van der Waals surface area (Å²) in [5.41, 5.74) is -0.492. The van der Waals surface area contributed by atoms with Crippen LogP contribution in [-0.2, 0) is 11.2 Å². The van der Waals surface area contributed by atoms with Gasteiger partial charge in [-0.3, -0.25) is 0 Å². The highest BCUT2D eigenvalue weighted by Gasteiger charge is 2.29. The molecule has 1 N–H and O–H groups in total. The van der Waals surface area contributed by atoms with E-state index in [1.807, 2.05) is 0 Å². The Kier molecular flexibility index (Phi) is 4.30. The van der Waals surface area contributed by atoms with Gasteiger partial charge >= 0.3 is 0 Å². The summed E-state index contributed by atoms with van der Waals surface area (Å²) in [4.78, 5) is 0. The first kappa shape index (κ1) is 13.4. The summed E-state index contributed by atoms with van der Waals surface area (Å²) in [6, 6.07) is 6.07. The van der Waals surface area contributed by atoms with Crippen molar-refractivity contribution in [2.75, 3.05) is 19.8 Å². The van der Waals surface area contributed by atoms with Crippen molar-refractivity contribution in [3.8, 4) is 0 Å². The molecule has 0 aromatic heterocycles. The van der Waals surface area contributed by atoms with Gasteiger partial charge in [-0.1, -0.05) is 12.1 Å². The van der Waals surface area contributed by atoms with Crippen molar-refractivity contribution >= 4 is 0 Å². The molecule has 2 rings (SSSR count). The van der Waals surface area contributed by atoms with Crippen LogP contribution >= 0.6 is 0 Å². The van der Waals surface area contributed by atoms with Gasteiger partial charge in [-0.2, -0.15) is 0 Å². The van der Waals surface area contributed by atoms with Crippen LogP contribution in [0.25, 0.3) is 0 Å². The van der Waals surface area contributed by atoms with Crippen LogP contribution < -0.4 is 5.32 Å². The standard InChI is InChI=1S/C14H19F2NO/c1-14(16,9-13-10-18-7-6-17-13)8-11-2-4-12(15)5-3-11/h2-5,13,17H,6-10H2,1H3. The molecule has 0 amide bonds. The van der Waals surface area contributed by atoms with Gasteiger partial charge in [0.2, 0.25) is 0 Å². The van der Waals surface area contributed by atoms with Gasteiger partial charge in [0, 0.05) is 19.0 Å². The molecule has 1 heterocycles. The maximum atomic E-state index is 14.5. The Bertz CT molecular complexity index is 372. The van der Waals surface area contributed by atoms with Crippen LogP contribution in [0.2, 0.25) is 0 Å². The maximum Gasteiger partial charge on any atom is 0.123 e. The molecule has 1 aromatic carbocycles. The molecule has 0 saturated carbocycles. The minimum Gasteiger partial charge on any atom is -0.379 e. The van der Waals surface area contributed by atoms with Crippen molar-refractivity contribution in [3.05, 3.63) is 35.6 Å². The fourth-order valence-electron chi connectivity index (χ4n) is 2.36. The first-order valence-corrected chi connectivity index (χ1v) is 6.30. The molecule has 1 aliphatic heterocycles. The van der Waals surface area contributed by atoms with Crippen LogP contribution in [0, 0.1) is 5.82 Å². The van der Waals surface area contributed by atoms with E-state index in [1.54, 1.807) is 19.1 Å². The zero-order valence-electron chi connectivity index (χ0n) is 10.6. The molecule has 1 fully saturated rings. The highest BCUT2D eigenvalue weighted by molar-refractivity contribution is 5.18. The van der Waals surface area contributed by atoms with Crippen LogP contribution in [0.15, 0.2) is 24.3 Å². The molecule has 0 aliphatic carbocycles. The van der Waals surface area contributed by atoms with Crippen LogP contribution in [0.3, 0.4) is 0 Å². The van der Waals surface area contributed by atoms with E-state index >= 15 is 0 Å². The number of rotatable bonds is 4. The molecule has 1 saturated heterocycles. The van der Waals surface area contributed by atoms with Crippen molar-refractivity contribution in [2.45, 2.75) is 31.5 Å². The van der Waals surface area contributed by atoms with E-state index in [4.69, 9.17) is 4.74 Å². The van der Waals surface area contributed by atoms with E-state index in [0.29, 0.717) is 26.1 Å². The number of ether oxygens (including phenoxy) is 1. The number of hydrogen-bond acceptors (Lipinski definition) is 2. The first-order chi connectivity index (χ1) is 8.55. The van der Waals surface area contributed by atoms with Crippen molar-refractivity contribution in [1.82, 2.24) is 5.32 Å². The van der Waals surface area contributed by atoms with Gasteiger partial charge in [0.25, 0.3) is 0 Å². The predicted molar refractivity (Wildman–Crippen MR) is 66.8 cm³/mol. The van der Waals surface area contributed by atoms with E-state index < -0.39 is 5.67 Å². The van der Waals surface area contributed by atoms with Crippen molar-refractivity contribution in [2.24, 2.45) is 0 Å². The van der Waals surface area contributed by atoms with Crippen molar-refractivity contribution in [3.63, 3.8) is 0 Å². The van der Waals surface area contributed by atoms with Crippen LogP contribution in [0.5, 0.6) is 0 Å². The lowest BCUT2D eigenvalue weighted by atomic mass is 9.91. The Balaban J connectivity index is 1.91. The average molecular weight is 255 g/mol. The number of morpholine rings is 1. The second-order valence-electron chi connectivity index (χ2n) is 5.15. The molecule has 1 aliphatic rings. The molecule has 0 bridgehead atoms. The van der Waals surface area contributed by atoms with Crippen molar-refractivity contribution < 1.29 is 13.5 Å². The quantitative estimate of drug-likeness (QED) is 0.892. The monoisotopic (exact) mass is 255 g/mol. The number of hydrogen-bond donors (Lipinski definition) is 1. The Morgan fingerprint density at radius 1 is 1.39 bits per heavy atom. The van der Waals surface area contributed by atoms with E-state index in [-0.39, 0.29) is 11.9 Å². The summed E-state index contributed by atoms with van der Waals surface area (Å²) >= 11 is 0. The number of nitrogens with one attached hydrogen (secondary N) is 1. The SMILES string of the molecule is CC(F)(Cc1ccc(F)cc1)CC1COCCN1. The minimum atomic E-state index is -1.31. The smallest absolute Gasteiger partial charge is 0.123 e. The molecule has 2 unspecified atom stereocenters. The lowest BCUT2D eigenvalue weighted by Gasteiger charge is -2.30. The van der Waals surface area contributed by atoms with E-state index in [1.165, 1.54) is 12.1 Å². The number of alkyl halides is 1. The zero-order valence-corrected chi connectivity index (χ0v) is 10.6. The fourth-order valence-corrected chi connectivity index (χ4v) is 2.36. The highest BCUT2D eigenvalue weighted by Crippen LogP contribution is 2.24. The van der Waals surface area contributed by atoms with Crippen LogP contribution in [0.4, 0.5) is 8.78 Å². The molecule has 2 nitrogen and oxygen atoms in total. The average Bonchev–Trinajstić information content (AvgIpc) is 2.32. The van der Waals surface area contributed by atoms with E-state index in [9.17, 15) is 8.78 Å². The predicted octanol–water partition coefficient (Wildman–Crippen LogP) is 2.47. The Labute approximate surface area is 106 Å². The molecule has 18 heavy (non-hydrogen) atoms. The number of benzene rings is 1. The van der Waals surface area contributed by atoms with Gasteiger partial charge < -0.3 is 10.1 Å². The van der Waals surface area contributed by atoms with Gasteiger partial charge in [-0.25, -0.2) is 8.78 Å². The van der Waals surface area contributed by atoms with Gasteiger partial charge in [0.05, 0.1) is 13.2 Å². The molecule has 1 aromatic rings. The molecule has 4 heteroatoms. The number of halogens is 2. The van der Waals surface area contributed by atoms with E-state index in [0.717, 1.165) is 12.1 Å². The topological polar surface area (TPSA) is 21.3 Å².